The molecule has 2 N–H and O–H groups in total. The van der Waals surface area contributed by atoms with Crippen LogP contribution in [-0.2, 0) is 4.79 Å². The van der Waals surface area contributed by atoms with E-state index in [4.69, 9.17) is 0 Å². The van der Waals surface area contributed by atoms with Crippen LogP contribution in [0.1, 0.15) is 6.42 Å². The number of para-hydroxylation sites is 1. The number of benzene rings is 1. The number of nitrogens with zero attached hydrogens (tertiary/aromatic N) is 4. The zero-order valence-corrected chi connectivity index (χ0v) is 14.6. The number of nitrogens with one attached hydrogen (secondary N) is 2. The highest BCUT2D eigenvalue weighted by atomic mass is 16.1. The zero-order chi connectivity index (χ0) is 17.8. The molecule has 1 aliphatic heterocycles. The van der Waals surface area contributed by atoms with Gasteiger partial charge < -0.3 is 10.2 Å². The second-order valence-corrected chi connectivity index (χ2v) is 6.44. The van der Waals surface area contributed by atoms with Gasteiger partial charge in [0.05, 0.1) is 5.39 Å². The van der Waals surface area contributed by atoms with Crippen LogP contribution in [0.25, 0.3) is 11.0 Å². The van der Waals surface area contributed by atoms with Gasteiger partial charge >= 0.3 is 0 Å². The van der Waals surface area contributed by atoms with Crippen molar-refractivity contribution in [1.29, 1.82) is 0 Å². The number of pyridine rings is 1. The number of hydrogen-bond acceptors (Lipinski definition) is 5. The fourth-order valence-electron chi connectivity index (χ4n) is 3.28. The normalized spacial score (nSPS) is 15.3. The Kier molecular flexibility index (Phi) is 4.79. The second kappa shape index (κ2) is 7.53. The van der Waals surface area contributed by atoms with Gasteiger partial charge in [0, 0.05) is 51.0 Å². The smallest absolute Gasteiger partial charge is 0.226 e. The van der Waals surface area contributed by atoms with Crippen molar-refractivity contribution in [3.8, 4) is 0 Å². The molecule has 0 aliphatic carbocycles. The predicted molar refractivity (Wildman–Crippen MR) is 102 cm³/mol. The van der Waals surface area contributed by atoms with Crippen molar-refractivity contribution in [2.45, 2.75) is 6.42 Å². The van der Waals surface area contributed by atoms with Crippen LogP contribution in [0.15, 0.2) is 48.7 Å². The Morgan fingerprint density at radius 2 is 1.88 bits per heavy atom. The molecule has 7 nitrogen and oxygen atoms in total. The molecule has 0 spiro atoms. The summed E-state index contributed by atoms with van der Waals surface area (Å²) < 4.78 is 0. The number of carbonyl (C=O) groups excluding carboxylic acids is 1. The van der Waals surface area contributed by atoms with Gasteiger partial charge in [0.2, 0.25) is 5.91 Å². The largest absolute Gasteiger partial charge is 0.369 e. The molecule has 0 atom stereocenters. The maximum absolute atomic E-state index is 12.3. The third-order valence-electron chi connectivity index (χ3n) is 4.74. The van der Waals surface area contributed by atoms with E-state index in [9.17, 15) is 4.79 Å². The van der Waals surface area contributed by atoms with E-state index in [1.807, 2.05) is 18.2 Å². The molecule has 0 unspecified atom stereocenters. The number of carbonyl (C=O) groups is 1. The van der Waals surface area contributed by atoms with Crippen molar-refractivity contribution in [3.63, 3.8) is 0 Å². The first-order valence-corrected chi connectivity index (χ1v) is 8.91. The molecule has 4 rings (SSSR count). The molecule has 0 saturated carbocycles. The van der Waals surface area contributed by atoms with Gasteiger partial charge in [-0.25, -0.2) is 4.98 Å². The summed E-state index contributed by atoms with van der Waals surface area (Å²) in [5.41, 5.74) is 1.88. The summed E-state index contributed by atoms with van der Waals surface area (Å²) in [5, 5.41) is 10.7. The molecule has 3 heterocycles. The van der Waals surface area contributed by atoms with Crippen LogP contribution in [-0.4, -0.2) is 58.7 Å². The summed E-state index contributed by atoms with van der Waals surface area (Å²) in [7, 11) is 0. The third-order valence-corrected chi connectivity index (χ3v) is 4.74. The number of rotatable bonds is 5. The Hall–Kier alpha value is -2.93. The number of hydrogen-bond donors (Lipinski definition) is 2. The van der Waals surface area contributed by atoms with Crippen molar-refractivity contribution in [3.05, 3.63) is 48.7 Å². The monoisotopic (exact) mass is 350 g/mol. The molecule has 134 valence electrons. The standard InChI is InChI=1S/C19H22N6O/c26-17(21-19-16-7-4-9-20-18(16)22-23-19)8-10-24-11-13-25(14-12-24)15-5-2-1-3-6-15/h1-7,9H,8,10-14H2,(H2,20,21,22,23,26). The molecule has 2 aromatic heterocycles. The zero-order valence-electron chi connectivity index (χ0n) is 14.6. The van der Waals surface area contributed by atoms with E-state index in [1.165, 1.54) is 5.69 Å². The number of aromatic nitrogens is 3. The molecule has 26 heavy (non-hydrogen) atoms. The minimum Gasteiger partial charge on any atom is -0.369 e. The molecule has 3 aromatic rings. The molecule has 1 saturated heterocycles. The molecular weight excluding hydrogens is 328 g/mol. The van der Waals surface area contributed by atoms with Crippen molar-refractivity contribution >= 4 is 28.4 Å². The number of fused-ring (bicyclic) bond motifs is 1. The van der Waals surface area contributed by atoms with Crippen LogP contribution in [0.2, 0.25) is 0 Å². The van der Waals surface area contributed by atoms with Crippen molar-refractivity contribution in [1.82, 2.24) is 20.1 Å². The molecule has 1 amide bonds. The Morgan fingerprint density at radius 1 is 1.08 bits per heavy atom. The molecular formula is C19H22N6O. The lowest BCUT2D eigenvalue weighted by atomic mass is 10.2. The first kappa shape index (κ1) is 16.5. The highest BCUT2D eigenvalue weighted by Gasteiger charge is 2.18. The van der Waals surface area contributed by atoms with Crippen LogP contribution in [0.4, 0.5) is 11.5 Å². The first-order chi connectivity index (χ1) is 12.8. The predicted octanol–water partition coefficient (Wildman–Crippen LogP) is 2.11. The second-order valence-electron chi connectivity index (χ2n) is 6.44. The van der Waals surface area contributed by atoms with Gasteiger partial charge in [0.1, 0.15) is 5.82 Å². The average molecular weight is 350 g/mol. The summed E-state index contributed by atoms with van der Waals surface area (Å²) in [6, 6.07) is 14.2. The van der Waals surface area contributed by atoms with Crippen LogP contribution < -0.4 is 10.2 Å². The number of piperazine rings is 1. The fraction of sp³-hybridized carbons (Fsp3) is 0.316. The quantitative estimate of drug-likeness (QED) is 0.737. The van der Waals surface area contributed by atoms with Crippen LogP contribution >= 0.6 is 0 Å². The van der Waals surface area contributed by atoms with Crippen LogP contribution in [0.5, 0.6) is 0 Å². The van der Waals surface area contributed by atoms with Crippen LogP contribution in [0, 0.1) is 0 Å². The molecule has 1 aromatic carbocycles. The first-order valence-electron chi connectivity index (χ1n) is 8.91. The lowest BCUT2D eigenvalue weighted by Crippen LogP contribution is -2.47. The van der Waals surface area contributed by atoms with E-state index in [-0.39, 0.29) is 5.91 Å². The summed E-state index contributed by atoms with van der Waals surface area (Å²) in [6.45, 7) is 4.68. The maximum atomic E-state index is 12.3. The highest BCUT2D eigenvalue weighted by Crippen LogP contribution is 2.18. The van der Waals surface area contributed by atoms with Gasteiger partial charge in [0.15, 0.2) is 5.65 Å². The Balaban J connectivity index is 1.25. The minimum atomic E-state index is -0.00936. The highest BCUT2D eigenvalue weighted by molar-refractivity contribution is 5.98. The Labute approximate surface area is 152 Å². The van der Waals surface area contributed by atoms with Gasteiger partial charge in [0.25, 0.3) is 0 Å². The summed E-state index contributed by atoms with van der Waals surface area (Å²) in [4.78, 5) is 21.1. The van der Waals surface area contributed by atoms with E-state index in [1.54, 1.807) is 6.20 Å². The number of anilines is 2. The maximum Gasteiger partial charge on any atom is 0.226 e. The Bertz CT molecular complexity index is 870. The lowest BCUT2D eigenvalue weighted by Gasteiger charge is -2.36. The van der Waals surface area contributed by atoms with Gasteiger partial charge in [-0.2, -0.15) is 5.10 Å². The summed E-state index contributed by atoms with van der Waals surface area (Å²) in [5.74, 6) is 0.608. The van der Waals surface area contributed by atoms with E-state index >= 15 is 0 Å². The molecule has 7 heteroatoms. The molecule has 0 bridgehead atoms. The topological polar surface area (TPSA) is 77.2 Å². The number of aromatic amines is 1. The van der Waals surface area contributed by atoms with Gasteiger partial charge in [-0.3, -0.25) is 14.8 Å². The minimum absolute atomic E-state index is 0.00936. The van der Waals surface area contributed by atoms with E-state index in [0.717, 1.165) is 38.1 Å². The van der Waals surface area contributed by atoms with E-state index in [0.29, 0.717) is 17.9 Å². The summed E-state index contributed by atoms with van der Waals surface area (Å²) >= 11 is 0. The van der Waals surface area contributed by atoms with Crippen molar-refractivity contribution in [2.24, 2.45) is 0 Å². The summed E-state index contributed by atoms with van der Waals surface area (Å²) in [6.07, 6.45) is 2.15. The molecule has 1 fully saturated rings. The Morgan fingerprint density at radius 3 is 2.69 bits per heavy atom. The van der Waals surface area contributed by atoms with Crippen LogP contribution in [0.3, 0.4) is 0 Å². The number of H-pyrrole nitrogens is 1. The van der Waals surface area contributed by atoms with Gasteiger partial charge in [-0.15, -0.1) is 0 Å². The number of amides is 1. The lowest BCUT2D eigenvalue weighted by molar-refractivity contribution is -0.116. The van der Waals surface area contributed by atoms with E-state index in [2.05, 4.69) is 54.6 Å². The van der Waals surface area contributed by atoms with Gasteiger partial charge in [-0.1, -0.05) is 18.2 Å². The molecule has 1 aliphatic rings. The third kappa shape index (κ3) is 3.67. The average Bonchev–Trinajstić information content (AvgIpc) is 3.10. The van der Waals surface area contributed by atoms with Crippen molar-refractivity contribution in [2.75, 3.05) is 42.9 Å². The van der Waals surface area contributed by atoms with Crippen molar-refractivity contribution < 1.29 is 4.79 Å². The van der Waals surface area contributed by atoms with Gasteiger partial charge in [-0.05, 0) is 24.3 Å². The SMILES string of the molecule is O=C(CCN1CCN(c2ccccc2)CC1)Nc1[nH]nc2ncccc12. The fourth-order valence-corrected chi connectivity index (χ4v) is 3.28. The molecule has 0 radical (unpaired) electrons. The van der Waals surface area contributed by atoms with E-state index < -0.39 is 0 Å².